The van der Waals surface area contributed by atoms with Crippen molar-refractivity contribution < 1.29 is 9.59 Å². The van der Waals surface area contributed by atoms with Crippen molar-refractivity contribution >= 4 is 28.3 Å². The fourth-order valence-corrected chi connectivity index (χ4v) is 4.87. The van der Waals surface area contributed by atoms with Gasteiger partial charge in [-0.2, -0.15) is 5.10 Å². The number of hydrogen-bond acceptors (Lipinski definition) is 6. The van der Waals surface area contributed by atoms with Crippen LogP contribution < -0.4 is 5.32 Å². The molecule has 0 bridgehead atoms. The van der Waals surface area contributed by atoms with Crippen LogP contribution in [0.4, 0.5) is 5.69 Å². The second kappa shape index (κ2) is 10.4. The highest BCUT2D eigenvalue weighted by molar-refractivity contribution is 6.11. The number of amides is 1. The Morgan fingerprint density at radius 3 is 2.61 bits per heavy atom. The summed E-state index contributed by atoms with van der Waals surface area (Å²) in [6.07, 6.45) is 10.4. The van der Waals surface area contributed by atoms with Gasteiger partial charge in [0.25, 0.3) is 5.91 Å². The van der Waals surface area contributed by atoms with Crippen molar-refractivity contribution in [3.8, 4) is 11.1 Å². The summed E-state index contributed by atoms with van der Waals surface area (Å²) in [5.74, 6) is 0.196. The minimum Gasteiger partial charge on any atom is -0.319 e. The van der Waals surface area contributed by atoms with Crippen LogP contribution in [-0.4, -0.2) is 50.9 Å². The molecule has 8 nitrogen and oxygen atoms in total. The molecule has 2 N–H and O–H groups in total. The van der Waals surface area contributed by atoms with Gasteiger partial charge in [-0.3, -0.25) is 24.7 Å². The first-order valence-corrected chi connectivity index (χ1v) is 12.3. The first-order chi connectivity index (χ1) is 17.5. The summed E-state index contributed by atoms with van der Waals surface area (Å²) in [6, 6.07) is 11.4. The van der Waals surface area contributed by atoms with Gasteiger partial charge in [0.05, 0.1) is 17.4 Å². The van der Waals surface area contributed by atoms with Crippen LogP contribution in [0.3, 0.4) is 0 Å². The number of nitrogens with zero attached hydrogens (tertiary/aromatic N) is 4. The van der Waals surface area contributed by atoms with Gasteiger partial charge in [0.2, 0.25) is 0 Å². The third-order valence-electron chi connectivity index (χ3n) is 6.66. The maximum absolute atomic E-state index is 13.1. The molecule has 36 heavy (non-hydrogen) atoms. The number of carbonyl (C=O) groups is 2. The summed E-state index contributed by atoms with van der Waals surface area (Å²) in [5.41, 5.74) is 5.08. The van der Waals surface area contributed by atoms with E-state index < -0.39 is 0 Å². The van der Waals surface area contributed by atoms with E-state index in [4.69, 9.17) is 0 Å². The number of hydrogen-bond donors (Lipinski definition) is 2. The molecule has 0 radical (unpaired) electrons. The third kappa shape index (κ3) is 5.33. The average Bonchev–Trinajstić information content (AvgIpc) is 3.53. The maximum Gasteiger partial charge on any atom is 0.276 e. The molecule has 5 rings (SSSR count). The van der Waals surface area contributed by atoms with E-state index in [2.05, 4.69) is 36.4 Å². The number of ketones is 1. The molecule has 3 aromatic heterocycles. The largest absolute Gasteiger partial charge is 0.319 e. The van der Waals surface area contributed by atoms with Gasteiger partial charge in [-0.05, 0) is 61.5 Å². The fraction of sp³-hybridized carbons (Fsp3) is 0.321. The Bertz CT molecular complexity index is 1390. The van der Waals surface area contributed by atoms with Crippen LogP contribution in [0.5, 0.6) is 0 Å². The van der Waals surface area contributed by atoms with Crippen LogP contribution in [0.2, 0.25) is 0 Å². The predicted octanol–water partition coefficient (Wildman–Crippen LogP) is 5.10. The Kier molecular flexibility index (Phi) is 6.86. The van der Waals surface area contributed by atoms with Crippen LogP contribution in [0.25, 0.3) is 22.0 Å². The third-order valence-corrected chi connectivity index (χ3v) is 6.66. The first-order valence-electron chi connectivity index (χ1n) is 12.3. The van der Waals surface area contributed by atoms with Crippen molar-refractivity contribution in [2.75, 3.05) is 19.4 Å². The molecule has 0 unspecified atom stereocenters. The quantitative estimate of drug-likeness (QED) is 0.339. The minimum atomic E-state index is -0.343. The van der Waals surface area contributed by atoms with Gasteiger partial charge in [0.1, 0.15) is 5.69 Å². The molecule has 1 aliphatic carbocycles. The van der Waals surface area contributed by atoms with E-state index in [0.29, 0.717) is 29.4 Å². The number of pyridine rings is 2. The van der Waals surface area contributed by atoms with Crippen LogP contribution in [0, 0.1) is 5.92 Å². The van der Waals surface area contributed by atoms with Crippen LogP contribution >= 0.6 is 0 Å². The van der Waals surface area contributed by atoms with Crippen molar-refractivity contribution in [1.29, 1.82) is 0 Å². The summed E-state index contributed by atoms with van der Waals surface area (Å²) >= 11 is 0. The van der Waals surface area contributed by atoms with E-state index in [-0.39, 0.29) is 11.7 Å². The molecule has 0 atom stereocenters. The van der Waals surface area contributed by atoms with Gasteiger partial charge in [0.15, 0.2) is 11.5 Å². The highest BCUT2D eigenvalue weighted by Gasteiger charge is 2.20. The SMILES string of the molecule is CN(C)Cc1cncc(-c2ccc3[nH]nc(C(=O)Nc4ccc(C(=O)CC5CCCC5)nc4)c3c2)c1. The lowest BCUT2D eigenvalue weighted by Gasteiger charge is -2.10. The topological polar surface area (TPSA) is 104 Å². The number of carbonyl (C=O) groups excluding carboxylic acids is 2. The predicted molar refractivity (Wildman–Crippen MR) is 140 cm³/mol. The molecule has 1 saturated carbocycles. The van der Waals surface area contributed by atoms with E-state index in [1.165, 1.54) is 19.0 Å². The molecule has 1 amide bonds. The van der Waals surface area contributed by atoms with Gasteiger partial charge < -0.3 is 10.2 Å². The molecular weight excluding hydrogens is 452 g/mol. The van der Waals surface area contributed by atoms with Crippen molar-refractivity contribution in [2.45, 2.75) is 38.6 Å². The zero-order chi connectivity index (χ0) is 25.1. The number of aromatic nitrogens is 4. The number of anilines is 1. The zero-order valence-electron chi connectivity index (χ0n) is 20.6. The van der Waals surface area contributed by atoms with Gasteiger partial charge in [0, 0.05) is 36.3 Å². The lowest BCUT2D eigenvalue weighted by Crippen LogP contribution is -2.14. The Morgan fingerprint density at radius 2 is 1.86 bits per heavy atom. The lowest BCUT2D eigenvalue weighted by molar-refractivity contribution is 0.0956. The van der Waals surface area contributed by atoms with Crippen molar-refractivity contribution in [3.63, 3.8) is 0 Å². The number of Topliss-reactive ketones (excluding diaryl/α,β-unsaturated/α-hetero) is 1. The smallest absolute Gasteiger partial charge is 0.276 e. The van der Waals surface area contributed by atoms with Gasteiger partial charge in [-0.25, -0.2) is 0 Å². The van der Waals surface area contributed by atoms with E-state index in [1.54, 1.807) is 12.1 Å². The molecule has 1 aliphatic rings. The fourth-order valence-electron chi connectivity index (χ4n) is 4.87. The van der Waals surface area contributed by atoms with E-state index in [0.717, 1.165) is 47.0 Å². The first kappa shape index (κ1) is 23.8. The number of rotatable bonds is 8. The Labute approximate surface area is 210 Å². The summed E-state index contributed by atoms with van der Waals surface area (Å²) in [6.45, 7) is 0.793. The van der Waals surface area contributed by atoms with Gasteiger partial charge >= 0.3 is 0 Å². The summed E-state index contributed by atoms with van der Waals surface area (Å²) in [7, 11) is 4.04. The minimum absolute atomic E-state index is 0.0646. The highest BCUT2D eigenvalue weighted by Crippen LogP contribution is 2.29. The Hall–Kier alpha value is -3.91. The van der Waals surface area contributed by atoms with Gasteiger partial charge in [-0.1, -0.05) is 31.7 Å². The number of H-pyrrole nitrogens is 1. The highest BCUT2D eigenvalue weighted by atomic mass is 16.2. The number of benzene rings is 1. The van der Waals surface area contributed by atoms with Crippen LogP contribution in [0.1, 0.15) is 58.6 Å². The normalized spacial score (nSPS) is 14.0. The van der Waals surface area contributed by atoms with Crippen molar-refractivity contribution in [1.82, 2.24) is 25.1 Å². The maximum atomic E-state index is 13.1. The average molecular weight is 483 g/mol. The zero-order valence-corrected chi connectivity index (χ0v) is 20.6. The summed E-state index contributed by atoms with van der Waals surface area (Å²) < 4.78 is 0. The lowest BCUT2D eigenvalue weighted by atomic mass is 9.99. The van der Waals surface area contributed by atoms with Gasteiger partial charge in [-0.15, -0.1) is 0 Å². The molecular formula is C28H30N6O2. The Morgan fingerprint density at radius 1 is 1.03 bits per heavy atom. The Balaban J connectivity index is 1.32. The number of aromatic amines is 1. The molecule has 0 aliphatic heterocycles. The van der Waals surface area contributed by atoms with Crippen molar-refractivity contribution in [2.24, 2.45) is 5.92 Å². The van der Waals surface area contributed by atoms with E-state index in [1.807, 2.05) is 44.7 Å². The van der Waals surface area contributed by atoms with E-state index >= 15 is 0 Å². The molecule has 0 saturated heterocycles. The molecule has 8 heteroatoms. The molecule has 1 fully saturated rings. The molecule has 4 aromatic rings. The van der Waals surface area contributed by atoms with Crippen molar-refractivity contribution in [3.05, 3.63) is 71.9 Å². The van der Waals surface area contributed by atoms with Crippen LogP contribution in [0.15, 0.2) is 55.0 Å². The molecule has 1 aromatic carbocycles. The second-order valence-electron chi connectivity index (χ2n) is 9.82. The number of nitrogens with one attached hydrogen (secondary N) is 2. The monoisotopic (exact) mass is 482 g/mol. The standard InChI is InChI=1S/C28H30N6O2/c1-34(2)17-19-11-21(15-29-14-19)20-7-9-24-23(13-20)27(33-32-24)28(36)31-22-8-10-25(30-16-22)26(35)12-18-5-3-4-6-18/h7-11,13-16,18H,3-6,12,17H2,1-2H3,(H,31,36)(H,32,33). The summed E-state index contributed by atoms with van der Waals surface area (Å²) in [4.78, 5) is 36.3. The summed E-state index contributed by atoms with van der Waals surface area (Å²) in [5, 5.41) is 10.8. The van der Waals surface area contributed by atoms with Crippen LogP contribution in [-0.2, 0) is 6.54 Å². The second-order valence-corrected chi connectivity index (χ2v) is 9.82. The number of fused-ring (bicyclic) bond motifs is 1. The van der Waals surface area contributed by atoms with E-state index in [9.17, 15) is 9.59 Å². The molecule has 0 spiro atoms. The molecule has 3 heterocycles. The molecule has 184 valence electrons.